The van der Waals surface area contributed by atoms with Crippen LogP contribution in [0.15, 0.2) is 0 Å². The lowest BCUT2D eigenvalue weighted by atomic mass is 9.88. The summed E-state index contributed by atoms with van der Waals surface area (Å²) in [5.74, 6) is -2.75. The summed E-state index contributed by atoms with van der Waals surface area (Å²) in [6.07, 6.45) is -13.8. The zero-order valence-corrected chi connectivity index (χ0v) is 8.23. The van der Waals surface area contributed by atoms with E-state index in [1.807, 2.05) is 0 Å². The second-order valence-corrected chi connectivity index (χ2v) is 3.71. The van der Waals surface area contributed by atoms with E-state index in [1.54, 1.807) is 0 Å². The van der Waals surface area contributed by atoms with Crippen molar-refractivity contribution in [3.63, 3.8) is 0 Å². The minimum Gasteiger partial charge on any atom is -0.465 e. The van der Waals surface area contributed by atoms with E-state index in [0.29, 0.717) is 0 Å². The van der Waals surface area contributed by atoms with Crippen molar-refractivity contribution in [2.45, 2.75) is 30.8 Å². The molecule has 3 nitrogen and oxygen atoms in total. The highest BCUT2D eigenvalue weighted by atomic mass is 19.4. The lowest BCUT2D eigenvalue weighted by Crippen LogP contribution is -2.58. The van der Waals surface area contributed by atoms with Gasteiger partial charge in [-0.1, -0.05) is 0 Å². The van der Waals surface area contributed by atoms with Crippen LogP contribution in [0.4, 0.5) is 26.3 Å². The number of cyclic esters (lactones) is 1. The molecule has 0 amide bonds. The average Bonchev–Trinajstić information content (AvgIpc) is 2.47. The van der Waals surface area contributed by atoms with Crippen LogP contribution in [0.2, 0.25) is 0 Å². The Morgan fingerprint density at radius 2 is 1.65 bits per heavy atom. The van der Waals surface area contributed by atoms with E-state index >= 15 is 0 Å². The van der Waals surface area contributed by atoms with Crippen molar-refractivity contribution < 1.29 is 41.0 Å². The standard InChI is InChI=1S/C8H8F6O3/c9-7(10,11)6(16,8(12,13)14)3-4-1-2-17-5(4)15/h4,16H,1-3H2. The maximum absolute atomic E-state index is 12.3. The fraction of sp³-hybridized carbons (Fsp3) is 0.875. The van der Waals surface area contributed by atoms with E-state index < -0.39 is 36.3 Å². The molecule has 1 fully saturated rings. The molecule has 1 aliphatic heterocycles. The normalized spacial score (nSPS) is 22.8. The second-order valence-electron chi connectivity index (χ2n) is 3.71. The Hall–Kier alpha value is -0.990. The van der Waals surface area contributed by atoms with Gasteiger partial charge in [-0.3, -0.25) is 4.79 Å². The largest absolute Gasteiger partial charge is 0.465 e. The van der Waals surface area contributed by atoms with Crippen LogP contribution in [-0.2, 0) is 9.53 Å². The molecule has 0 aromatic heterocycles. The molecule has 1 saturated heterocycles. The maximum atomic E-state index is 12.3. The molecule has 100 valence electrons. The highest BCUT2D eigenvalue weighted by Crippen LogP contribution is 2.47. The Labute approximate surface area is 91.4 Å². The van der Waals surface area contributed by atoms with Crippen LogP contribution in [-0.4, -0.2) is 35.6 Å². The van der Waals surface area contributed by atoms with Crippen molar-refractivity contribution in [1.29, 1.82) is 0 Å². The van der Waals surface area contributed by atoms with E-state index in [4.69, 9.17) is 5.11 Å². The Balaban J connectivity index is 2.97. The van der Waals surface area contributed by atoms with Crippen molar-refractivity contribution in [2.24, 2.45) is 5.92 Å². The van der Waals surface area contributed by atoms with Crippen molar-refractivity contribution >= 4 is 5.97 Å². The average molecular weight is 266 g/mol. The molecule has 1 aliphatic rings. The van der Waals surface area contributed by atoms with Crippen LogP contribution in [0.5, 0.6) is 0 Å². The molecular weight excluding hydrogens is 258 g/mol. The van der Waals surface area contributed by atoms with Crippen LogP contribution in [0.25, 0.3) is 0 Å². The molecule has 1 unspecified atom stereocenters. The van der Waals surface area contributed by atoms with Gasteiger partial charge in [0, 0.05) is 6.42 Å². The molecule has 0 bridgehead atoms. The van der Waals surface area contributed by atoms with Gasteiger partial charge in [-0.05, 0) is 6.42 Å². The van der Waals surface area contributed by atoms with E-state index in [1.165, 1.54) is 0 Å². The summed E-state index contributed by atoms with van der Waals surface area (Å²) >= 11 is 0. The Bertz CT molecular complexity index is 293. The van der Waals surface area contributed by atoms with Crippen LogP contribution in [0, 0.1) is 5.92 Å². The van der Waals surface area contributed by atoms with Crippen LogP contribution in [0.1, 0.15) is 12.8 Å². The molecule has 1 rings (SSSR count). The van der Waals surface area contributed by atoms with Gasteiger partial charge in [0.2, 0.25) is 0 Å². The lowest BCUT2D eigenvalue weighted by Gasteiger charge is -2.33. The first-order chi connectivity index (χ1) is 7.49. The molecule has 0 aliphatic carbocycles. The van der Waals surface area contributed by atoms with Gasteiger partial charge in [-0.25, -0.2) is 0 Å². The van der Waals surface area contributed by atoms with Crippen LogP contribution in [0.3, 0.4) is 0 Å². The predicted octanol–water partition coefficient (Wildman–Crippen LogP) is 1.80. The van der Waals surface area contributed by atoms with Crippen LogP contribution < -0.4 is 0 Å². The summed E-state index contributed by atoms with van der Waals surface area (Å²) in [4.78, 5) is 10.8. The Morgan fingerprint density at radius 3 is 1.94 bits per heavy atom. The van der Waals surface area contributed by atoms with E-state index in [-0.39, 0.29) is 13.0 Å². The predicted molar refractivity (Wildman–Crippen MR) is 40.7 cm³/mol. The number of alkyl halides is 6. The number of rotatable bonds is 2. The Kier molecular flexibility index (Phi) is 3.34. The van der Waals surface area contributed by atoms with Crippen LogP contribution >= 0.6 is 0 Å². The van der Waals surface area contributed by atoms with Gasteiger partial charge in [0.25, 0.3) is 5.60 Å². The fourth-order valence-corrected chi connectivity index (χ4v) is 1.47. The lowest BCUT2D eigenvalue weighted by molar-refractivity contribution is -0.371. The third kappa shape index (κ3) is 2.48. The number of esters is 1. The Morgan fingerprint density at radius 1 is 1.18 bits per heavy atom. The highest BCUT2D eigenvalue weighted by molar-refractivity contribution is 5.74. The van der Waals surface area contributed by atoms with Gasteiger partial charge < -0.3 is 9.84 Å². The van der Waals surface area contributed by atoms with Gasteiger partial charge in [0.15, 0.2) is 0 Å². The molecule has 0 aromatic rings. The molecule has 0 spiro atoms. The molecule has 9 heteroatoms. The maximum Gasteiger partial charge on any atom is 0.426 e. The quantitative estimate of drug-likeness (QED) is 0.612. The third-order valence-corrected chi connectivity index (χ3v) is 2.52. The molecule has 1 atom stereocenters. The molecule has 17 heavy (non-hydrogen) atoms. The van der Waals surface area contributed by atoms with Gasteiger partial charge in [0.1, 0.15) is 0 Å². The first kappa shape index (κ1) is 14.1. The van der Waals surface area contributed by atoms with E-state index in [0.717, 1.165) is 0 Å². The van der Waals surface area contributed by atoms with Crippen molar-refractivity contribution in [1.82, 2.24) is 0 Å². The first-order valence-electron chi connectivity index (χ1n) is 4.51. The summed E-state index contributed by atoms with van der Waals surface area (Å²) in [7, 11) is 0. The number of carbonyl (C=O) groups is 1. The summed E-state index contributed by atoms with van der Waals surface area (Å²) in [5, 5.41) is 8.80. The fourth-order valence-electron chi connectivity index (χ4n) is 1.47. The van der Waals surface area contributed by atoms with Gasteiger partial charge in [-0.15, -0.1) is 0 Å². The van der Waals surface area contributed by atoms with Crippen molar-refractivity contribution in [3.05, 3.63) is 0 Å². The van der Waals surface area contributed by atoms with Gasteiger partial charge >= 0.3 is 18.3 Å². The molecule has 1 N–H and O–H groups in total. The number of ether oxygens (including phenoxy) is 1. The molecule has 0 radical (unpaired) electrons. The number of carbonyl (C=O) groups excluding carboxylic acids is 1. The number of halogens is 6. The van der Waals surface area contributed by atoms with E-state index in [9.17, 15) is 31.1 Å². The zero-order chi connectivity index (χ0) is 13.5. The number of hydrogen-bond donors (Lipinski definition) is 1. The first-order valence-corrected chi connectivity index (χ1v) is 4.51. The smallest absolute Gasteiger partial charge is 0.426 e. The number of aliphatic hydroxyl groups is 1. The monoisotopic (exact) mass is 266 g/mol. The summed E-state index contributed by atoms with van der Waals surface area (Å²) in [5.41, 5.74) is -4.88. The number of hydrogen-bond acceptors (Lipinski definition) is 3. The minimum absolute atomic E-state index is 0.241. The van der Waals surface area contributed by atoms with Gasteiger partial charge in [0.05, 0.1) is 12.5 Å². The molecular formula is C8H8F6O3. The summed E-state index contributed by atoms with van der Waals surface area (Å²) in [6, 6.07) is 0. The summed E-state index contributed by atoms with van der Waals surface area (Å²) < 4.78 is 77.8. The summed E-state index contributed by atoms with van der Waals surface area (Å²) in [6.45, 7) is -0.241. The van der Waals surface area contributed by atoms with E-state index in [2.05, 4.69) is 4.74 Å². The SMILES string of the molecule is O=C1OCCC1CC(O)(C(F)(F)F)C(F)(F)F. The van der Waals surface area contributed by atoms with Gasteiger partial charge in [-0.2, -0.15) is 26.3 Å². The zero-order valence-electron chi connectivity index (χ0n) is 8.23. The molecule has 1 heterocycles. The molecule has 0 aromatic carbocycles. The third-order valence-electron chi connectivity index (χ3n) is 2.52. The highest BCUT2D eigenvalue weighted by Gasteiger charge is 2.71. The van der Waals surface area contributed by atoms with Crippen molar-refractivity contribution in [2.75, 3.05) is 6.61 Å². The topological polar surface area (TPSA) is 46.5 Å². The van der Waals surface area contributed by atoms with Crippen molar-refractivity contribution in [3.8, 4) is 0 Å². The minimum atomic E-state index is -5.89. The molecule has 0 saturated carbocycles. The second kappa shape index (κ2) is 4.04.